The Morgan fingerprint density at radius 3 is 2.43 bits per heavy atom. The highest BCUT2D eigenvalue weighted by atomic mass is 16.6. The van der Waals surface area contributed by atoms with E-state index in [9.17, 15) is 25.0 Å². The molecule has 0 amide bonds. The van der Waals surface area contributed by atoms with Crippen molar-refractivity contribution in [1.29, 1.82) is 0 Å². The number of carboxylic acids is 1. The van der Waals surface area contributed by atoms with Crippen LogP contribution in [0.3, 0.4) is 0 Å². The van der Waals surface area contributed by atoms with Gasteiger partial charge in [0, 0.05) is 13.1 Å². The van der Waals surface area contributed by atoms with Crippen molar-refractivity contribution >= 4 is 17.3 Å². The number of carbonyl (C=O) groups is 1. The van der Waals surface area contributed by atoms with Gasteiger partial charge in [0.25, 0.3) is 11.4 Å². The Morgan fingerprint density at radius 2 is 1.95 bits per heavy atom. The minimum Gasteiger partial charge on any atom is -0.477 e. The van der Waals surface area contributed by atoms with Gasteiger partial charge in [0.1, 0.15) is 11.7 Å². The average Bonchev–Trinajstić information content (AvgIpc) is 2.46. The summed E-state index contributed by atoms with van der Waals surface area (Å²) in [7, 11) is 0. The van der Waals surface area contributed by atoms with E-state index in [0.717, 1.165) is 6.07 Å². The fraction of sp³-hybridized carbons (Fsp3) is 0.364. The van der Waals surface area contributed by atoms with Crippen molar-refractivity contribution < 1.29 is 24.5 Å². The lowest BCUT2D eigenvalue weighted by atomic mass is 10.0. The Hall–Kier alpha value is -2.59. The average molecular weight is 297 g/mol. The molecule has 1 unspecified atom stereocenters. The number of morpholine rings is 1. The second-order valence-corrected chi connectivity index (χ2v) is 4.31. The summed E-state index contributed by atoms with van der Waals surface area (Å²) in [4.78, 5) is 31.3. The number of nitrogens with zero attached hydrogens (tertiary/aromatic N) is 2. The van der Waals surface area contributed by atoms with Crippen LogP contribution in [0.1, 0.15) is 22.0 Å². The summed E-state index contributed by atoms with van der Waals surface area (Å²) in [5.41, 5.74) is -1.94. The number of carboxylic acid groups (broad SMARTS) is 1. The standard InChI is InChI=1S/C11H11N3O7/c15-11(16)7-3-6(10-5-12-1-2-21-10)8(13(17)18)4-9(7)14(19)20/h3-4,10,12H,1-2,5H2,(H,15,16). The molecule has 1 aromatic carbocycles. The molecule has 1 heterocycles. The van der Waals surface area contributed by atoms with Crippen molar-refractivity contribution in [2.24, 2.45) is 0 Å². The smallest absolute Gasteiger partial charge is 0.342 e. The van der Waals surface area contributed by atoms with Crippen molar-refractivity contribution in [3.8, 4) is 0 Å². The van der Waals surface area contributed by atoms with Crippen LogP contribution in [0.25, 0.3) is 0 Å². The maximum atomic E-state index is 11.1. The van der Waals surface area contributed by atoms with E-state index in [4.69, 9.17) is 9.84 Å². The first-order valence-electron chi connectivity index (χ1n) is 5.94. The third-order valence-corrected chi connectivity index (χ3v) is 3.04. The lowest BCUT2D eigenvalue weighted by Gasteiger charge is -2.23. The molecular weight excluding hydrogens is 286 g/mol. The normalized spacial score (nSPS) is 18.2. The third-order valence-electron chi connectivity index (χ3n) is 3.04. The van der Waals surface area contributed by atoms with Gasteiger partial charge in [-0.3, -0.25) is 20.2 Å². The predicted octanol–water partition coefficient (Wildman–Crippen LogP) is 0.862. The van der Waals surface area contributed by atoms with Crippen LogP contribution in [0.5, 0.6) is 0 Å². The van der Waals surface area contributed by atoms with E-state index < -0.39 is 38.9 Å². The molecule has 0 radical (unpaired) electrons. The number of hydrogen-bond acceptors (Lipinski definition) is 7. The zero-order valence-corrected chi connectivity index (χ0v) is 10.6. The van der Waals surface area contributed by atoms with E-state index in [1.54, 1.807) is 0 Å². The number of hydrogen-bond donors (Lipinski definition) is 2. The number of aromatic carboxylic acids is 1. The molecule has 0 aromatic heterocycles. The van der Waals surface area contributed by atoms with Crippen molar-refractivity contribution in [3.63, 3.8) is 0 Å². The quantitative estimate of drug-likeness (QED) is 0.614. The summed E-state index contributed by atoms with van der Waals surface area (Å²) >= 11 is 0. The first kappa shape index (κ1) is 14.8. The number of nitro groups is 2. The van der Waals surface area contributed by atoms with Crippen molar-refractivity contribution in [2.75, 3.05) is 19.7 Å². The van der Waals surface area contributed by atoms with Crippen LogP contribution in [0.4, 0.5) is 11.4 Å². The highest BCUT2D eigenvalue weighted by molar-refractivity contribution is 5.93. The Morgan fingerprint density at radius 1 is 1.29 bits per heavy atom. The summed E-state index contributed by atoms with van der Waals surface area (Å²) in [5, 5.41) is 33.9. The van der Waals surface area contributed by atoms with E-state index in [0.29, 0.717) is 19.2 Å². The molecule has 1 saturated heterocycles. The molecule has 0 spiro atoms. The first-order valence-corrected chi connectivity index (χ1v) is 5.94. The zero-order valence-electron chi connectivity index (χ0n) is 10.6. The molecule has 1 aliphatic heterocycles. The van der Waals surface area contributed by atoms with E-state index >= 15 is 0 Å². The van der Waals surface area contributed by atoms with E-state index in [2.05, 4.69) is 5.32 Å². The number of nitro benzene ring substituents is 2. The van der Waals surface area contributed by atoms with Gasteiger partial charge in [-0.2, -0.15) is 0 Å². The highest BCUT2D eigenvalue weighted by Crippen LogP contribution is 2.34. The maximum Gasteiger partial charge on any atom is 0.342 e. The zero-order chi connectivity index (χ0) is 15.6. The van der Waals surface area contributed by atoms with Crippen LogP contribution in [-0.2, 0) is 4.74 Å². The molecule has 1 atom stereocenters. The molecule has 21 heavy (non-hydrogen) atoms. The summed E-state index contributed by atoms with van der Waals surface area (Å²) in [5.74, 6) is -1.53. The van der Waals surface area contributed by atoms with Gasteiger partial charge < -0.3 is 15.2 Å². The van der Waals surface area contributed by atoms with Gasteiger partial charge in [0.2, 0.25) is 0 Å². The second kappa shape index (κ2) is 5.81. The Bertz CT molecular complexity index is 610. The Labute approximate surface area is 117 Å². The molecule has 2 rings (SSSR count). The molecular formula is C11H11N3O7. The Kier molecular flexibility index (Phi) is 4.10. The Balaban J connectivity index is 2.61. The van der Waals surface area contributed by atoms with Crippen LogP contribution in [-0.4, -0.2) is 40.6 Å². The molecule has 0 bridgehead atoms. The van der Waals surface area contributed by atoms with Gasteiger partial charge in [-0.25, -0.2) is 4.79 Å². The number of rotatable bonds is 4. The van der Waals surface area contributed by atoms with Gasteiger partial charge in [0.15, 0.2) is 0 Å². The second-order valence-electron chi connectivity index (χ2n) is 4.31. The fourth-order valence-electron chi connectivity index (χ4n) is 2.10. The molecule has 0 aliphatic carbocycles. The molecule has 112 valence electrons. The van der Waals surface area contributed by atoms with Crippen molar-refractivity contribution in [1.82, 2.24) is 5.32 Å². The number of benzene rings is 1. The molecule has 10 heteroatoms. The van der Waals surface area contributed by atoms with E-state index in [-0.39, 0.29) is 12.1 Å². The van der Waals surface area contributed by atoms with Gasteiger partial charge in [-0.05, 0) is 6.07 Å². The molecule has 1 fully saturated rings. The lowest BCUT2D eigenvalue weighted by Crippen LogP contribution is -2.33. The van der Waals surface area contributed by atoms with Crippen molar-refractivity contribution in [2.45, 2.75) is 6.10 Å². The van der Waals surface area contributed by atoms with Crippen LogP contribution in [0.2, 0.25) is 0 Å². The van der Waals surface area contributed by atoms with Gasteiger partial charge in [0.05, 0.1) is 28.1 Å². The van der Waals surface area contributed by atoms with Gasteiger partial charge >= 0.3 is 5.97 Å². The summed E-state index contributed by atoms with van der Waals surface area (Å²) in [6.45, 7) is 1.14. The van der Waals surface area contributed by atoms with Crippen LogP contribution < -0.4 is 5.32 Å². The molecule has 1 aliphatic rings. The van der Waals surface area contributed by atoms with Crippen LogP contribution in [0, 0.1) is 20.2 Å². The van der Waals surface area contributed by atoms with Crippen LogP contribution in [0.15, 0.2) is 12.1 Å². The SMILES string of the molecule is O=C(O)c1cc(C2CNCCO2)c([N+](=O)[O-])cc1[N+](=O)[O-]. The lowest BCUT2D eigenvalue weighted by molar-refractivity contribution is -0.395. The van der Waals surface area contributed by atoms with Gasteiger partial charge in [-0.1, -0.05) is 0 Å². The predicted molar refractivity (Wildman–Crippen MR) is 68.3 cm³/mol. The minimum absolute atomic E-state index is 0.00944. The largest absolute Gasteiger partial charge is 0.477 e. The fourth-order valence-corrected chi connectivity index (χ4v) is 2.10. The molecule has 10 nitrogen and oxygen atoms in total. The number of ether oxygens (including phenoxy) is 1. The third kappa shape index (κ3) is 2.95. The summed E-state index contributed by atoms with van der Waals surface area (Å²) in [6.07, 6.45) is -0.724. The minimum atomic E-state index is -1.53. The van der Waals surface area contributed by atoms with Gasteiger partial charge in [-0.15, -0.1) is 0 Å². The molecule has 1 aromatic rings. The number of nitrogens with one attached hydrogen (secondary N) is 1. The maximum absolute atomic E-state index is 11.1. The van der Waals surface area contributed by atoms with E-state index in [1.807, 2.05) is 0 Å². The summed E-state index contributed by atoms with van der Waals surface area (Å²) < 4.78 is 5.36. The van der Waals surface area contributed by atoms with Crippen molar-refractivity contribution in [3.05, 3.63) is 43.5 Å². The monoisotopic (exact) mass is 297 g/mol. The molecule has 0 saturated carbocycles. The highest BCUT2D eigenvalue weighted by Gasteiger charge is 2.32. The van der Waals surface area contributed by atoms with E-state index in [1.165, 1.54) is 0 Å². The van der Waals surface area contributed by atoms with Crippen LogP contribution >= 0.6 is 0 Å². The summed E-state index contributed by atoms with van der Waals surface area (Å²) in [6, 6.07) is 1.60. The molecule has 2 N–H and O–H groups in total. The topological polar surface area (TPSA) is 145 Å². The first-order chi connectivity index (χ1) is 9.91.